The number of amides is 4. The molecule has 0 atom stereocenters. The summed E-state index contributed by atoms with van der Waals surface area (Å²) in [6.45, 7) is 2.75. The Kier molecular flexibility index (Phi) is 7.88. The highest BCUT2D eigenvalue weighted by atomic mass is 35.5. The maximum atomic E-state index is 12.7. The van der Waals surface area contributed by atoms with E-state index in [9.17, 15) is 19.2 Å². The predicted molar refractivity (Wildman–Crippen MR) is 134 cm³/mol. The quantitative estimate of drug-likeness (QED) is 0.363. The fourth-order valence-corrected chi connectivity index (χ4v) is 3.44. The van der Waals surface area contributed by atoms with Crippen LogP contribution in [0.2, 0.25) is 10.0 Å². The Bertz CT molecular complexity index is 1200. The third-order valence-corrected chi connectivity index (χ3v) is 5.09. The molecule has 0 saturated heterocycles. The number of carbonyl (C=O) groups excluding carboxylic acids is 4. The number of benzene rings is 3. The molecule has 174 valence electrons. The monoisotopic (exact) mass is 498 g/mol. The van der Waals surface area contributed by atoms with E-state index in [4.69, 9.17) is 23.2 Å². The minimum atomic E-state index is -0.471. The number of carbonyl (C=O) groups is 4. The van der Waals surface area contributed by atoms with E-state index < -0.39 is 11.8 Å². The number of anilines is 4. The molecule has 0 radical (unpaired) electrons. The molecule has 0 aromatic heterocycles. The van der Waals surface area contributed by atoms with Gasteiger partial charge in [-0.05, 0) is 54.6 Å². The molecule has 0 bridgehead atoms. The lowest BCUT2D eigenvalue weighted by molar-refractivity contribution is -0.115. The minimum Gasteiger partial charge on any atom is -0.326 e. The van der Waals surface area contributed by atoms with E-state index in [0.717, 1.165) is 0 Å². The van der Waals surface area contributed by atoms with Gasteiger partial charge in [0.2, 0.25) is 11.8 Å². The zero-order chi connectivity index (χ0) is 24.8. The van der Waals surface area contributed by atoms with E-state index in [1.807, 2.05) is 0 Å². The summed E-state index contributed by atoms with van der Waals surface area (Å²) in [5, 5.41) is 11.1. The fraction of sp³-hybridized carbons (Fsp3) is 0.0833. The average Bonchev–Trinajstić information content (AvgIpc) is 2.76. The van der Waals surface area contributed by atoms with Crippen molar-refractivity contribution in [1.82, 2.24) is 0 Å². The summed E-state index contributed by atoms with van der Waals surface area (Å²) in [5.74, 6) is -1.43. The van der Waals surface area contributed by atoms with Crippen LogP contribution in [0.25, 0.3) is 0 Å². The van der Waals surface area contributed by atoms with Crippen LogP contribution < -0.4 is 21.3 Å². The van der Waals surface area contributed by atoms with Crippen molar-refractivity contribution in [3.05, 3.63) is 81.8 Å². The molecule has 10 heteroatoms. The van der Waals surface area contributed by atoms with Crippen molar-refractivity contribution in [2.24, 2.45) is 0 Å². The van der Waals surface area contributed by atoms with Gasteiger partial charge < -0.3 is 21.3 Å². The van der Waals surface area contributed by atoms with E-state index >= 15 is 0 Å². The van der Waals surface area contributed by atoms with Gasteiger partial charge in [0, 0.05) is 36.3 Å². The number of nitrogens with one attached hydrogen (secondary N) is 4. The zero-order valence-electron chi connectivity index (χ0n) is 18.2. The van der Waals surface area contributed by atoms with Gasteiger partial charge in [0.15, 0.2) is 0 Å². The fourth-order valence-electron chi connectivity index (χ4n) is 2.99. The first-order valence-corrected chi connectivity index (χ1v) is 10.7. The molecule has 0 saturated carbocycles. The van der Waals surface area contributed by atoms with Crippen LogP contribution in [0.1, 0.15) is 34.6 Å². The van der Waals surface area contributed by atoms with Crippen LogP contribution in [0.5, 0.6) is 0 Å². The van der Waals surface area contributed by atoms with Gasteiger partial charge in [-0.3, -0.25) is 19.2 Å². The van der Waals surface area contributed by atoms with Crippen LogP contribution in [0.15, 0.2) is 60.7 Å². The maximum Gasteiger partial charge on any atom is 0.255 e. The van der Waals surface area contributed by atoms with Gasteiger partial charge in [-0.1, -0.05) is 29.3 Å². The third-order valence-electron chi connectivity index (χ3n) is 4.46. The Morgan fingerprint density at radius 2 is 1.00 bits per heavy atom. The Balaban J connectivity index is 1.72. The minimum absolute atomic E-state index is 0.238. The van der Waals surface area contributed by atoms with Gasteiger partial charge >= 0.3 is 0 Å². The Hall–Kier alpha value is -3.88. The van der Waals surface area contributed by atoms with Crippen molar-refractivity contribution in [3.63, 3.8) is 0 Å². The van der Waals surface area contributed by atoms with Crippen LogP contribution in [0.3, 0.4) is 0 Å². The van der Waals surface area contributed by atoms with E-state index in [0.29, 0.717) is 22.7 Å². The van der Waals surface area contributed by atoms with Crippen LogP contribution in [0, 0.1) is 0 Å². The number of hydrogen-bond donors (Lipinski definition) is 4. The number of rotatable bonds is 6. The molecule has 0 aliphatic carbocycles. The number of halogens is 2. The third kappa shape index (κ3) is 6.57. The largest absolute Gasteiger partial charge is 0.326 e. The summed E-state index contributed by atoms with van der Waals surface area (Å²) in [5.41, 5.74) is 2.17. The van der Waals surface area contributed by atoms with Crippen molar-refractivity contribution >= 4 is 69.6 Å². The second-order valence-corrected chi connectivity index (χ2v) is 8.06. The van der Waals surface area contributed by atoms with Crippen molar-refractivity contribution < 1.29 is 19.2 Å². The van der Waals surface area contributed by atoms with Crippen molar-refractivity contribution in [3.8, 4) is 0 Å². The highest BCUT2D eigenvalue weighted by Gasteiger charge is 2.14. The summed E-state index contributed by atoms with van der Waals surface area (Å²) in [6.07, 6.45) is 0. The molecule has 0 spiro atoms. The van der Waals surface area contributed by atoms with Crippen LogP contribution >= 0.6 is 23.2 Å². The smallest absolute Gasteiger partial charge is 0.255 e. The van der Waals surface area contributed by atoms with Gasteiger partial charge in [-0.15, -0.1) is 0 Å². The molecule has 3 aromatic rings. The summed E-state index contributed by atoms with van der Waals surface area (Å²) in [4.78, 5) is 47.8. The zero-order valence-corrected chi connectivity index (χ0v) is 19.7. The first-order valence-electron chi connectivity index (χ1n) is 9.99. The molecule has 3 aromatic carbocycles. The van der Waals surface area contributed by atoms with Crippen molar-refractivity contribution in [2.45, 2.75) is 13.8 Å². The molecular formula is C24H20Cl2N4O4. The average molecular weight is 499 g/mol. The topological polar surface area (TPSA) is 116 Å². The molecule has 0 unspecified atom stereocenters. The molecule has 0 heterocycles. The van der Waals surface area contributed by atoms with Crippen LogP contribution in [0.4, 0.5) is 22.7 Å². The van der Waals surface area contributed by atoms with E-state index in [1.54, 1.807) is 42.5 Å². The summed E-state index contributed by atoms with van der Waals surface area (Å²) in [6, 6.07) is 15.5. The van der Waals surface area contributed by atoms with Crippen molar-refractivity contribution in [1.29, 1.82) is 0 Å². The van der Waals surface area contributed by atoms with Crippen LogP contribution in [-0.4, -0.2) is 23.6 Å². The molecule has 0 aliphatic rings. The molecule has 4 N–H and O–H groups in total. The maximum absolute atomic E-state index is 12.7. The normalized spacial score (nSPS) is 10.2. The van der Waals surface area contributed by atoms with E-state index in [-0.39, 0.29) is 33.0 Å². The molecule has 0 fully saturated rings. The van der Waals surface area contributed by atoms with Gasteiger partial charge in [-0.2, -0.15) is 0 Å². The lowest BCUT2D eigenvalue weighted by Crippen LogP contribution is -2.16. The molecule has 3 rings (SSSR count). The lowest BCUT2D eigenvalue weighted by Gasteiger charge is -2.11. The predicted octanol–water partition coefficient (Wildman–Crippen LogP) is 5.41. The summed E-state index contributed by atoms with van der Waals surface area (Å²) >= 11 is 12.4. The number of hydrogen-bond acceptors (Lipinski definition) is 4. The highest BCUT2D eigenvalue weighted by Crippen LogP contribution is 2.27. The summed E-state index contributed by atoms with van der Waals surface area (Å²) in [7, 11) is 0. The Morgan fingerprint density at radius 3 is 1.35 bits per heavy atom. The SMILES string of the molecule is CC(=O)Nc1ccc(NC(=O)c2cccc(C(=O)Nc3ccc(NC(C)=O)cc3Cl)c2)c(Cl)c1. The highest BCUT2D eigenvalue weighted by molar-refractivity contribution is 6.34. The van der Waals surface area contributed by atoms with Crippen molar-refractivity contribution in [2.75, 3.05) is 21.3 Å². The Morgan fingerprint density at radius 1 is 0.588 bits per heavy atom. The second kappa shape index (κ2) is 10.8. The second-order valence-electron chi connectivity index (χ2n) is 7.24. The van der Waals surface area contributed by atoms with E-state index in [2.05, 4.69) is 21.3 Å². The molecular weight excluding hydrogens is 479 g/mol. The lowest BCUT2D eigenvalue weighted by atomic mass is 10.1. The first kappa shape index (κ1) is 24.8. The summed E-state index contributed by atoms with van der Waals surface area (Å²) < 4.78 is 0. The molecule has 34 heavy (non-hydrogen) atoms. The first-order chi connectivity index (χ1) is 16.1. The van der Waals surface area contributed by atoms with Gasteiger partial charge in [0.05, 0.1) is 21.4 Å². The molecule has 0 aliphatic heterocycles. The van der Waals surface area contributed by atoms with Gasteiger partial charge in [0.1, 0.15) is 0 Å². The van der Waals surface area contributed by atoms with Crippen LogP contribution in [-0.2, 0) is 9.59 Å². The Labute approximate surface area is 205 Å². The molecule has 4 amide bonds. The standard InChI is InChI=1S/C24H20Cl2N4O4/c1-13(31)27-17-6-8-21(19(25)11-17)29-23(33)15-4-3-5-16(10-15)24(34)30-22-9-7-18(12-20(22)26)28-14(2)32/h3-12H,1-2H3,(H,27,31)(H,28,32)(H,29,33)(H,30,34). The molecule has 8 nitrogen and oxygen atoms in total. The van der Waals surface area contributed by atoms with Gasteiger partial charge in [0.25, 0.3) is 11.8 Å². The van der Waals surface area contributed by atoms with Gasteiger partial charge in [-0.25, -0.2) is 0 Å². The van der Waals surface area contributed by atoms with E-state index in [1.165, 1.54) is 32.0 Å².